The third-order valence-corrected chi connectivity index (χ3v) is 6.78. The molecule has 0 fully saturated rings. The first-order chi connectivity index (χ1) is 16.3. The van der Waals surface area contributed by atoms with Crippen molar-refractivity contribution in [2.45, 2.75) is 11.4 Å². The molecule has 0 radical (unpaired) electrons. The van der Waals surface area contributed by atoms with Crippen LogP contribution < -0.4 is 23.8 Å². The maximum absolute atomic E-state index is 13.4. The van der Waals surface area contributed by atoms with E-state index in [0.717, 1.165) is 16.4 Å². The molecule has 3 rings (SSSR count). The van der Waals surface area contributed by atoms with Gasteiger partial charge in [0, 0.05) is 12.1 Å². The molecule has 0 atom stereocenters. The molecule has 1 amide bonds. The van der Waals surface area contributed by atoms with Crippen LogP contribution in [0.4, 0.5) is 10.1 Å². The number of halogens is 1. The first-order valence-corrected chi connectivity index (χ1v) is 11.6. The Balaban J connectivity index is 1.85. The second-order valence-corrected chi connectivity index (χ2v) is 8.93. The fourth-order valence-electron chi connectivity index (χ4n) is 3.32. The minimum atomic E-state index is -4.09. The highest BCUT2D eigenvalue weighted by Gasteiger charge is 2.27. The normalized spacial score (nSPS) is 10.9. The fourth-order valence-corrected chi connectivity index (χ4v) is 4.77. The van der Waals surface area contributed by atoms with Gasteiger partial charge in [-0.15, -0.1) is 0 Å². The summed E-state index contributed by atoms with van der Waals surface area (Å²) in [6.07, 6.45) is 0. The van der Waals surface area contributed by atoms with Crippen molar-refractivity contribution in [3.05, 3.63) is 78.1 Å². The first kappa shape index (κ1) is 24.8. The van der Waals surface area contributed by atoms with Crippen LogP contribution in [0.3, 0.4) is 0 Å². The molecule has 0 aliphatic heterocycles. The SMILES string of the molecule is COc1ccc(CNC(=O)CN(c2ccc(F)cc2)S(=O)(=O)c2ccccc2)c(OC)c1OC. The van der Waals surface area contributed by atoms with Crippen molar-refractivity contribution < 1.29 is 31.8 Å². The lowest BCUT2D eigenvalue weighted by molar-refractivity contribution is -0.119. The number of carbonyl (C=O) groups excluding carboxylic acids is 1. The summed E-state index contributed by atoms with van der Waals surface area (Å²) in [5.74, 6) is 0.128. The third kappa shape index (κ3) is 5.40. The highest BCUT2D eigenvalue weighted by molar-refractivity contribution is 7.92. The Morgan fingerprint density at radius 1 is 0.882 bits per heavy atom. The van der Waals surface area contributed by atoms with E-state index in [0.29, 0.717) is 22.8 Å². The minimum Gasteiger partial charge on any atom is -0.493 e. The molecule has 10 heteroatoms. The lowest BCUT2D eigenvalue weighted by atomic mass is 10.1. The van der Waals surface area contributed by atoms with Crippen molar-refractivity contribution in [1.82, 2.24) is 5.32 Å². The standard InChI is InChI=1S/C24H25FN2O6S/c1-31-21-14-9-17(23(32-2)24(21)33-3)15-26-22(28)16-27(19-12-10-18(25)11-13-19)34(29,30)20-7-5-4-6-8-20/h4-14H,15-16H2,1-3H3,(H,26,28). The van der Waals surface area contributed by atoms with Crippen LogP contribution in [0.5, 0.6) is 17.2 Å². The quantitative estimate of drug-likeness (QED) is 0.470. The number of methoxy groups -OCH3 is 3. The first-order valence-electron chi connectivity index (χ1n) is 10.2. The van der Waals surface area contributed by atoms with Crippen molar-refractivity contribution in [2.24, 2.45) is 0 Å². The fraction of sp³-hybridized carbons (Fsp3) is 0.208. The smallest absolute Gasteiger partial charge is 0.264 e. The summed E-state index contributed by atoms with van der Waals surface area (Å²) in [4.78, 5) is 12.8. The van der Waals surface area contributed by atoms with Crippen molar-refractivity contribution in [3.8, 4) is 17.2 Å². The average Bonchev–Trinajstić information content (AvgIpc) is 2.86. The maximum Gasteiger partial charge on any atom is 0.264 e. The summed E-state index contributed by atoms with van der Waals surface area (Å²) in [5, 5.41) is 2.70. The number of amides is 1. The number of ether oxygens (including phenoxy) is 3. The highest BCUT2D eigenvalue weighted by atomic mass is 32.2. The summed E-state index contributed by atoms with van der Waals surface area (Å²) in [6, 6.07) is 16.0. The molecule has 3 aromatic carbocycles. The Morgan fingerprint density at radius 2 is 1.53 bits per heavy atom. The molecule has 0 spiro atoms. The molecule has 3 aromatic rings. The molecule has 180 valence electrons. The van der Waals surface area contributed by atoms with Gasteiger partial charge in [0.25, 0.3) is 10.0 Å². The van der Waals surface area contributed by atoms with Gasteiger partial charge in [0.1, 0.15) is 12.4 Å². The molecule has 1 N–H and O–H groups in total. The maximum atomic E-state index is 13.4. The van der Waals surface area contributed by atoms with Gasteiger partial charge in [-0.1, -0.05) is 18.2 Å². The lowest BCUT2D eigenvalue weighted by Crippen LogP contribution is -2.40. The topological polar surface area (TPSA) is 94.2 Å². The molecular formula is C24H25FN2O6S. The molecule has 34 heavy (non-hydrogen) atoms. The molecule has 0 unspecified atom stereocenters. The van der Waals surface area contributed by atoms with Crippen LogP contribution in [0.2, 0.25) is 0 Å². The van der Waals surface area contributed by atoms with Crippen LogP contribution >= 0.6 is 0 Å². The van der Waals surface area contributed by atoms with E-state index in [2.05, 4.69) is 5.32 Å². The van der Waals surface area contributed by atoms with E-state index in [1.165, 1.54) is 45.6 Å². The van der Waals surface area contributed by atoms with Crippen molar-refractivity contribution in [3.63, 3.8) is 0 Å². The van der Waals surface area contributed by atoms with Gasteiger partial charge in [-0.05, 0) is 48.5 Å². The zero-order valence-corrected chi connectivity index (χ0v) is 19.8. The Kier molecular flexibility index (Phi) is 7.95. The average molecular weight is 489 g/mol. The molecule has 0 saturated carbocycles. The molecule has 0 heterocycles. The zero-order chi connectivity index (χ0) is 24.7. The zero-order valence-electron chi connectivity index (χ0n) is 18.9. The van der Waals surface area contributed by atoms with E-state index in [1.807, 2.05) is 0 Å². The van der Waals surface area contributed by atoms with Crippen LogP contribution in [0.25, 0.3) is 0 Å². The van der Waals surface area contributed by atoms with Gasteiger partial charge in [0.05, 0.1) is 31.9 Å². The van der Waals surface area contributed by atoms with Crippen LogP contribution in [0, 0.1) is 5.82 Å². The van der Waals surface area contributed by atoms with Crippen molar-refractivity contribution >= 4 is 21.6 Å². The number of anilines is 1. The van der Waals surface area contributed by atoms with E-state index >= 15 is 0 Å². The van der Waals surface area contributed by atoms with Gasteiger partial charge >= 0.3 is 0 Å². The second kappa shape index (κ2) is 10.9. The van der Waals surface area contributed by atoms with Crippen LogP contribution in [0.1, 0.15) is 5.56 Å². The van der Waals surface area contributed by atoms with Gasteiger partial charge in [-0.2, -0.15) is 0 Å². The van der Waals surface area contributed by atoms with Crippen LogP contribution in [-0.2, 0) is 21.4 Å². The van der Waals surface area contributed by atoms with Gasteiger partial charge in [0.15, 0.2) is 11.5 Å². The number of nitrogens with zero attached hydrogens (tertiary/aromatic N) is 1. The molecule has 0 bridgehead atoms. The molecular weight excluding hydrogens is 463 g/mol. The van der Waals surface area contributed by atoms with Gasteiger partial charge in [-0.25, -0.2) is 12.8 Å². The van der Waals surface area contributed by atoms with E-state index < -0.39 is 28.3 Å². The number of sulfonamides is 1. The Hall–Kier alpha value is -3.79. The van der Waals surface area contributed by atoms with E-state index in [4.69, 9.17) is 14.2 Å². The van der Waals surface area contributed by atoms with Gasteiger partial charge in [-0.3, -0.25) is 9.10 Å². The predicted molar refractivity (Wildman–Crippen MR) is 125 cm³/mol. The summed E-state index contributed by atoms with van der Waals surface area (Å²) in [6.45, 7) is -0.469. The second-order valence-electron chi connectivity index (χ2n) is 7.07. The van der Waals surface area contributed by atoms with E-state index in [1.54, 1.807) is 30.3 Å². The number of benzene rings is 3. The number of carbonyl (C=O) groups is 1. The van der Waals surface area contributed by atoms with Crippen LogP contribution in [-0.4, -0.2) is 42.2 Å². The Morgan fingerprint density at radius 3 is 2.12 bits per heavy atom. The van der Waals surface area contributed by atoms with Gasteiger partial charge in [0.2, 0.25) is 11.7 Å². The Labute approximate surface area is 197 Å². The van der Waals surface area contributed by atoms with Crippen molar-refractivity contribution in [1.29, 1.82) is 0 Å². The van der Waals surface area contributed by atoms with Crippen LogP contribution in [0.15, 0.2) is 71.6 Å². The predicted octanol–water partition coefficient (Wildman–Crippen LogP) is 3.36. The van der Waals surface area contributed by atoms with Gasteiger partial charge < -0.3 is 19.5 Å². The van der Waals surface area contributed by atoms with Crippen molar-refractivity contribution in [2.75, 3.05) is 32.2 Å². The molecule has 8 nitrogen and oxygen atoms in total. The third-order valence-electron chi connectivity index (χ3n) is 4.99. The molecule has 0 aliphatic rings. The minimum absolute atomic E-state index is 0.00804. The largest absolute Gasteiger partial charge is 0.493 e. The summed E-state index contributed by atoms with van der Waals surface area (Å²) in [7, 11) is 0.341. The molecule has 0 saturated heterocycles. The summed E-state index contributed by atoms with van der Waals surface area (Å²) >= 11 is 0. The summed E-state index contributed by atoms with van der Waals surface area (Å²) < 4.78 is 57.0. The van der Waals surface area contributed by atoms with E-state index in [9.17, 15) is 17.6 Å². The highest BCUT2D eigenvalue weighted by Crippen LogP contribution is 2.39. The molecule has 0 aliphatic carbocycles. The number of rotatable bonds is 10. The monoisotopic (exact) mass is 488 g/mol. The molecule has 0 aromatic heterocycles. The number of hydrogen-bond donors (Lipinski definition) is 1. The summed E-state index contributed by atoms with van der Waals surface area (Å²) in [5.41, 5.74) is 0.761. The number of nitrogens with one attached hydrogen (secondary N) is 1. The van der Waals surface area contributed by atoms with E-state index in [-0.39, 0.29) is 17.1 Å². The lowest BCUT2D eigenvalue weighted by Gasteiger charge is -2.24. The Bertz CT molecular complexity index is 1230. The number of hydrogen-bond acceptors (Lipinski definition) is 6.